The quantitative estimate of drug-likeness (QED) is 0.0339. The van der Waals surface area contributed by atoms with Gasteiger partial charge in [-0.05, 0) is 73.9 Å². The molecule has 0 fully saturated rings. The second-order valence-corrected chi connectivity index (χ2v) is 15.8. The molecule has 55 heavy (non-hydrogen) atoms. The van der Waals surface area contributed by atoms with Crippen LogP contribution in [-0.4, -0.2) is 4.70 Å². The van der Waals surface area contributed by atoms with Crippen LogP contribution in [0.25, 0.3) is 16.9 Å². The Kier molecular flexibility index (Phi) is 36.2. The first-order valence-corrected chi connectivity index (χ1v) is 23.2. The predicted molar refractivity (Wildman–Crippen MR) is 243 cm³/mol. The zero-order valence-electron chi connectivity index (χ0n) is 36.8. The molecule has 2 aromatic rings. The number of hydrogen-bond acceptors (Lipinski definition) is 0. The van der Waals surface area contributed by atoms with Crippen LogP contribution >= 0.6 is 0 Å². The summed E-state index contributed by atoms with van der Waals surface area (Å²) < 4.78 is 1.45. The zero-order valence-corrected chi connectivity index (χ0v) is 37.8. The Hall–Kier alpha value is -1.99. The number of allylic oxidation sites excluding steroid dienone is 2. The van der Waals surface area contributed by atoms with Crippen molar-refractivity contribution < 1.29 is 21.2 Å². The third kappa shape index (κ3) is 25.1. The molecule has 2 aromatic carbocycles. The van der Waals surface area contributed by atoms with Crippen LogP contribution in [0.1, 0.15) is 230 Å². The van der Waals surface area contributed by atoms with Gasteiger partial charge in [0, 0.05) is 22.8 Å². The fraction of sp³-hybridized carbons (Fsp3) is 0.654. The molecule has 0 spiro atoms. The third-order valence-corrected chi connectivity index (χ3v) is 10.6. The largest absolute Gasteiger partial charge is 2.00 e. The van der Waals surface area contributed by atoms with E-state index in [1.807, 2.05) is 0 Å². The number of aryl methyl sites for hydroxylation is 2. The van der Waals surface area contributed by atoms with E-state index in [9.17, 15) is 5.53 Å². The van der Waals surface area contributed by atoms with Gasteiger partial charge in [0.15, 0.2) is 0 Å². The van der Waals surface area contributed by atoms with E-state index in [4.69, 9.17) is 0 Å². The Labute approximate surface area is 353 Å². The van der Waals surface area contributed by atoms with Crippen molar-refractivity contribution in [2.24, 2.45) is 0 Å². The molecule has 0 atom stereocenters. The standard InChI is InChI=1S/C30H40N2.2C11H23.Ni/c1-4-7-10-15-25-16-12-19-26(21-25)29-23-28(18-11-8-5-2)30(32(29)31)27-20-13-17-24(22-27)14-9-6-3;2*1-3-5-7-9-11-10-8-6-4-2;/h12-13,16-17,19-23H,4-11,14-15,18H2,1-3H3;2*1,3-11H2,2H3;/q;2*-1;+2. The van der Waals surface area contributed by atoms with E-state index in [0.29, 0.717) is 0 Å². The normalized spacial score (nSPS) is 12.1. The number of hydrogen-bond donors (Lipinski definition) is 0. The molecule has 0 aromatic heterocycles. The average Bonchev–Trinajstić information content (AvgIpc) is 3.52. The number of nitrogens with zero attached hydrogens (tertiary/aromatic N) is 2. The zero-order chi connectivity index (χ0) is 39.5. The van der Waals surface area contributed by atoms with E-state index in [2.05, 4.69) is 103 Å². The van der Waals surface area contributed by atoms with Crippen molar-refractivity contribution in [3.8, 4) is 0 Å². The van der Waals surface area contributed by atoms with Gasteiger partial charge in [-0.2, -0.15) is 12.8 Å². The molecule has 0 aliphatic carbocycles. The van der Waals surface area contributed by atoms with Crippen LogP contribution < -0.4 is 0 Å². The topological polar surface area (TPSA) is 25.3 Å². The summed E-state index contributed by atoms with van der Waals surface area (Å²) in [7, 11) is 0. The molecule has 0 N–H and O–H groups in total. The maximum Gasteiger partial charge on any atom is 2.00 e. The molecule has 1 aliphatic heterocycles. The van der Waals surface area contributed by atoms with Gasteiger partial charge in [-0.1, -0.05) is 194 Å². The minimum atomic E-state index is 0. The summed E-state index contributed by atoms with van der Waals surface area (Å²) in [5.41, 5.74) is 19.4. The molecule has 0 unspecified atom stereocenters. The fourth-order valence-electron chi connectivity index (χ4n) is 7.16. The number of unbranched alkanes of at least 4 members (excludes halogenated alkanes) is 21. The minimum Gasteiger partial charge on any atom is -0.493 e. The summed E-state index contributed by atoms with van der Waals surface area (Å²) in [4.78, 5) is 0. The summed E-state index contributed by atoms with van der Waals surface area (Å²) in [6.45, 7) is 18.9. The second kappa shape index (κ2) is 37.6. The summed E-state index contributed by atoms with van der Waals surface area (Å²) >= 11 is 0. The van der Waals surface area contributed by atoms with Gasteiger partial charge in [0.05, 0.1) is 0 Å². The fourth-order valence-corrected chi connectivity index (χ4v) is 7.16. The van der Waals surface area contributed by atoms with Crippen LogP contribution in [0.5, 0.6) is 0 Å². The van der Waals surface area contributed by atoms with Gasteiger partial charge in [0.25, 0.3) is 0 Å². The molecule has 0 saturated heterocycles. The van der Waals surface area contributed by atoms with Crippen LogP contribution in [-0.2, 0) is 29.3 Å². The van der Waals surface area contributed by atoms with Gasteiger partial charge in [-0.3, -0.25) is 0 Å². The first kappa shape index (κ1) is 53.0. The molecule has 314 valence electrons. The van der Waals surface area contributed by atoms with Gasteiger partial charge in [0.2, 0.25) is 11.4 Å². The Morgan fingerprint density at radius 1 is 0.455 bits per heavy atom. The van der Waals surface area contributed by atoms with Crippen molar-refractivity contribution in [3.05, 3.63) is 102 Å². The van der Waals surface area contributed by atoms with Crippen LogP contribution in [0, 0.1) is 13.8 Å². The van der Waals surface area contributed by atoms with Gasteiger partial charge >= 0.3 is 16.5 Å². The van der Waals surface area contributed by atoms with Gasteiger partial charge in [-0.15, -0.1) is 0 Å². The number of rotatable bonds is 29. The van der Waals surface area contributed by atoms with Gasteiger partial charge < -0.3 is 19.4 Å². The summed E-state index contributed by atoms with van der Waals surface area (Å²) in [6.07, 6.45) is 39.9. The van der Waals surface area contributed by atoms with Crippen molar-refractivity contribution in [1.82, 2.24) is 0 Å². The molecule has 0 bridgehead atoms. The maximum atomic E-state index is 11.4. The van der Waals surface area contributed by atoms with Crippen LogP contribution in [0.15, 0.2) is 60.2 Å². The molecule has 1 aliphatic rings. The first-order valence-electron chi connectivity index (χ1n) is 23.2. The Bertz CT molecular complexity index is 1220. The summed E-state index contributed by atoms with van der Waals surface area (Å²) in [6, 6.07) is 17.5. The average molecular weight is 798 g/mol. The Morgan fingerprint density at radius 2 is 0.836 bits per heavy atom. The van der Waals surface area contributed by atoms with E-state index >= 15 is 0 Å². The van der Waals surface area contributed by atoms with Crippen molar-refractivity contribution in [3.63, 3.8) is 0 Å². The van der Waals surface area contributed by atoms with Crippen LogP contribution in [0.4, 0.5) is 0 Å². The van der Waals surface area contributed by atoms with Crippen molar-refractivity contribution in [2.45, 2.75) is 221 Å². The SMILES string of the molecule is CCCCCC1=C(c2cccc(CCCC)c2)[N+](=[N-])C(c2cccc(CCCCC)c2)=C1.[CH2-]CCCCCCCCCC.[CH2-]CCCCCCCCCC.[Ni+2]. The molecular weight excluding hydrogens is 711 g/mol. The van der Waals surface area contributed by atoms with Gasteiger partial charge in [0.1, 0.15) is 0 Å². The van der Waals surface area contributed by atoms with E-state index in [0.717, 1.165) is 61.0 Å². The number of benzene rings is 2. The van der Waals surface area contributed by atoms with Crippen LogP contribution in [0.3, 0.4) is 0 Å². The Morgan fingerprint density at radius 3 is 1.31 bits per heavy atom. The molecule has 2 nitrogen and oxygen atoms in total. The first-order chi connectivity index (χ1) is 26.5. The molecule has 3 rings (SSSR count). The molecular formula is C52H86N2Ni. The summed E-state index contributed by atoms with van der Waals surface area (Å²) in [5, 5.41) is 0. The van der Waals surface area contributed by atoms with Gasteiger partial charge in [-0.25, -0.2) is 4.70 Å². The Balaban J connectivity index is 0.00000104. The third-order valence-electron chi connectivity index (χ3n) is 10.6. The smallest absolute Gasteiger partial charge is 0.493 e. The predicted octanol–water partition coefficient (Wildman–Crippen LogP) is 17.8. The molecule has 0 radical (unpaired) electrons. The van der Waals surface area contributed by atoms with E-state index < -0.39 is 0 Å². The monoisotopic (exact) mass is 797 g/mol. The molecule has 0 amide bonds. The minimum absolute atomic E-state index is 0. The summed E-state index contributed by atoms with van der Waals surface area (Å²) in [5.74, 6) is 0. The second-order valence-electron chi connectivity index (χ2n) is 15.8. The van der Waals surface area contributed by atoms with E-state index in [-0.39, 0.29) is 16.5 Å². The molecule has 1 heterocycles. The maximum absolute atomic E-state index is 11.4. The van der Waals surface area contributed by atoms with Crippen LogP contribution in [0.2, 0.25) is 0 Å². The van der Waals surface area contributed by atoms with E-state index in [1.54, 1.807) is 0 Å². The van der Waals surface area contributed by atoms with Crippen molar-refractivity contribution in [2.75, 3.05) is 0 Å². The van der Waals surface area contributed by atoms with E-state index in [1.165, 1.54) is 169 Å². The molecule has 0 saturated carbocycles. The molecule has 3 heteroatoms. The van der Waals surface area contributed by atoms with Crippen molar-refractivity contribution in [1.29, 1.82) is 0 Å². The van der Waals surface area contributed by atoms with Crippen molar-refractivity contribution >= 4 is 11.4 Å².